The smallest absolute Gasteiger partial charge is 0.256 e. The molecule has 1 aromatic rings. The van der Waals surface area contributed by atoms with Crippen LogP contribution >= 0.6 is 11.6 Å². The van der Waals surface area contributed by atoms with E-state index in [1.807, 2.05) is 4.90 Å². The molecule has 4 nitrogen and oxygen atoms in total. The third-order valence-corrected chi connectivity index (χ3v) is 3.66. The number of halogens is 1. The van der Waals surface area contributed by atoms with E-state index in [4.69, 9.17) is 22.1 Å². The van der Waals surface area contributed by atoms with E-state index in [1.54, 1.807) is 25.3 Å². The van der Waals surface area contributed by atoms with E-state index in [2.05, 4.69) is 13.8 Å². The fourth-order valence-corrected chi connectivity index (χ4v) is 2.41. The number of amides is 1. The first-order chi connectivity index (χ1) is 9.54. The summed E-state index contributed by atoms with van der Waals surface area (Å²) in [6, 6.07) is 5.15. The molecule has 0 heterocycles. The Balaban J connectivity index is 3.05. The van der Waals surface area contributed by atoms with Gasteiger partial charge in [0.05, 0.1) is 12.2 Å². The Morgan fingerprint density at radius 3 is 2.60 bits per heavy atom. The van der Waals surface area contributed by atoms with Crippen LogP contribution in [0.15, 0.2) is 18.2 Å². The van der Waals surface area contributed by atoms with E-state index in [-0.39, 0.29) is 11.9 Å². The first kappa shape index (κ1) is 16.8. The lowest BCUT2D eigenvalue weighted by atomic mass is 10.1. The zero-order valence-corrected chi connectivity index (χ0v) is 13.1. The lowest BCUT2D eigenvalue weighted by molar-refractivity contribution is 0.0590. The number of carbonyl (C=O) groups excluding carboxylic acids is 1. The average molecular weight is 299 g/mol. The molecule has 0 unspecified atom stereocenters. The van der Waals surface area contributed by atoms with Gasteiger partial charge in [0, 0.05) is 30.4 Å². The summed E-state index contributed by atoms with van der Waals surface area (Å²) >= 11 is 5.97. The monoisotopic (exact) mass is 298 g/mol. The van der Waals surface area contributed by atoms with E-state index in [9.17, 15) is 4.79 Å². The van der Waals surface area contributed by atoms with Crippen molar-refractivity contribution in [1.82, 2.24) is 4.90 Å². The van der Waals surface area contributed by atoms with E-state index >= 15 is 0 Å². The van der Waals surface area contributed by atoms with Gasteiger partial charge in [-0.3, -0.25) is 4.79 Å². The number of rotatable bonds is 7. The number of ether oxygens (including phenoxy) is 1. The van der Waals surface area contributed by atoms with Crippen molar-refractivity contribution in [3.05, 3.63) is 28.8 Å². The summed E-state index contributed by atoms with van der Waals surface area (Å²) in [5.41, 5.74) is 6.81. The Bertz CT molecular complexity index is 447. The highest BCUT2D eigenvalue weighted by atomic mass is 35.5. The van der Waals surface area contributed by atoms with Crippen LogP contribution in [0.4, 0.5) is 5.69 Å². The van der Waals surface area contributed by atoms with Gasteiger partial charge in [-0.05, 0) is 31.0 Å². The summed E-state index contributed by atoms with van der Waals surface area (Å²) in [6.45, 7) is 5.20. The molecule has 0 aliphatic rings. The molecule has 5 heteroatoms. The molecule has 1 aromatic carbocycles. The fourth-order valence-electron chi connectivity index (χ4n) is 2.24. The lowest BCUT2D eigenvalue weighted by Gasteiger charge is -2.31. The Morgan fingerprint density at radius 1 is 1.40 bits per heavy atom. The topological polar surface area (TPSA) is 55.6 Å². The van der Waals surface area contributed by atoms with E-state index in [0.29, 0.717) is 29.4 Å². The number of anilines is 1. The minimum absolute atomic E-state index is 0.0873. The fraction of sp³-hybridized carbons (Fsp3) is 0.533. The molecule has 0 radical (unpaired) electrons. The number of hydrogen-bond donors (Lipinski definition) is 1. The Morgan fingerprint density at radius 2 is 2.05 bits per heavy atom. The van der Waals surface area contributed by atoms with Crippen LogP contribution in [0, 0.1) is 0 Å². The van der Waals surface area contributed by atoms with Crippen molar-refractivity contribution < 1.29 is 9.53 Å². The maximum atomic E-state index is 12.7. The van der Waals surface area contributed by atoms with Gasteiger partial charge in [0.25, 0.3) is 5.91 Å². The van der Waals surface area contributed by atoms with Gasteiger partial charge < -0.3 is 15.4 Å². The van der Waals surface area contributed by atoms with Crippen molar-refractivity contribution in [2.75, 3.05) is 26.0 Å². The first-order valence-electron chi connectivity index (χ1n) is 6.90. The van der Waals surface area contributed by atoms with Crippen molar-refractivity contribution in [2.45, 2.75) is 32.7 Å². The lowest BCUT2D eigenvalue weighted by Crippen LogP contribution is -2.42. The summed E-state index contributed by atoms with van der Waals surface area (Å²) in [4.78, 5) is 14.5. The van der Waals surface area contributed by atoms with Gasteiger partial charge in [-0.2, -0.15) is 0 Å². The highest BCUT2D eigenvalue weighted by molar-refractivity contribution is 6.31. The van der Waals surface area contributed by atoms with Crippen LogP contribution in [0.3, 0.4) is 0 Å². The Labute approximate surface area is 125 Å². The molecular formula is C15H23ClN2O2. The molecular weight excluding hydrogens is 276 g/mol. The van der Waals surface area contributed by atoms with Crippen LogP contribution < -0.4 is 5.73 Å². The molecule has 2 N–H and O–H groups in total. The first-order valence-corrected chi connectivity index (χ1v) is 7.27. The van der Waals surface area contributed by atoms with Gasteiger partial charge in [0.15, 0.2) is 0 Å². The van der Waals surface area contributed by atoms with Gasteiger partial charge in [-0.25, -0.2) is 0 Å². The standard InChI is InChI=1S/C15H23ClN2O2/c1-4-12(5-2)18(8-9-20-3)15(19)13-10-11(16)6-7-14(13)17/h6-7,10,12H,4-5,8-9,17H2,1-3H3. The number of methoxy groups -OCH3 is 1. The third kappa shape index (κ3) is 4.12. The number of nitrogens with two attached hydrogens (primary N) is 1. The second-order valence-corrected chi connectivity index (χ2v) is 5.13. The van der Waals surface area contributed by atoms with Crippen molar-refractivity contribution in [1.29, 1.82) is 0 Å². The molecule has 1 rings (SSSR count). The predicted octanol–water partition coefficient (Wildman–Crippen LogP) is 3.20. The molecule has 0 aliphatic carbocycles. The normalized spacial score (nSPS) is 10.8. The van der Waals surface area contributed by atoms with E-state index in [0.717, 1.165) is 12.8 Å². The molecule has 0 bridgehead atoms. The summed E-state index contributed by atoms with van der Waals surface area (Å²) in [6.07, 6.45) is 1.79. The third-order valence-electron chi connectivity index (χ3n) is 3.43. The van der Waals surface area contributed by atoms with Crippen molar-refractivity contribution >= 4 is 23.2 Å². The van der Waals surface area contributed by atoms with Gasteiger partial charge in [0.2, 0.25) is 0 Å². The van der Waals surface area contributed by atoms with E-state index in [1.165, 1.54) is 0 Å². The molecule has 0 aliphatic heterocycles. The zero-order chi connectivity index (χ0) is 15.1. The maximum Gasteiger partial charge on any atom is 0.256 e. The summed E-state index contributed by atoms with van der Waals surface area (Å²) in [5, 5.41) is 0.513. The highest BCUT2D eigenvalue weighted by Crippen LogP contribution is 2.22. The summed E-state index contributed by atoms with van der Waals surface area (Å²) < 4.78 is 5.10. The van der Waals surface area contributed by atoms with Crippen LogP contribution in [0.1, 0.15) is 37.0 Å². The Hall–Kier alpha value is -1.26. The molecule has 20 heavy (non-hydrogen) atoms. The van der Waals surface area contributed by atoms with Crippen LogP contribution in [0.5, 0.6) is 0 Å². The van der Waals surface area contributed by atoms with Crippen molar-refractivity contribution in [3.63, 3.8) is 0 Å². The van der Waals surface area contributed by atoms with Crippen LogP contribution in [0.25, 0.3) is 0 Å². The molecule has 0 saturated heterocycles. The minimum atomic E-state index is -0.0873. The van der Waals surface area contributed by atoms with Gasteiger partial charge >= 0.3 is 0 Å². The van der Waals surface area contributed by atoms with Crippen molar-refractivity contribution in [2.24, 2.45) is 0 Å². The maximum absolute atomic E-state index is 12.7. The van der Waals surface area contributed by atoms with Crippen LogP contribution in [-0.4, -0.2) is 37.1 Å². The van der Waals surface area contributed by atoms with Gasteiger partial charge in [0.1, 0.15) is 0 Å². The van der Waals surface area contributed by atoms with E-state index < -0.39 is 0 Å². The molecule has 112 valence electrons. The second kappa shape index (κ2) is 8.12. The number of carbonyl (C=O) groups is 1. The summed E-state index contributed by atoms with van der Waals surface area (Å²) in [7, 11) is 1.63. The summed E-state index contributed by atoms with van der Waals surface area (Å²) in [5.74, 6) is -0.0873. The number of nitrogens with zero attached hydrogens (tertiary/aromatic N) is 1. The van der Waals surface area contributed by atoms with Crippen LogP contribution in [-0.2, 0) is 4.74 Å². The number of hydrogen-bond acceptors (Lipinski definition) is 3. The van der Waals surface area contributed by atoms with Gasteiger partial charge in [-0.1, -0.05) is 25.4 Å². The second-order valence-electron chi connectivity index (χ2n) is 4.69. The SMILES string of the molecule is CCC(CC)N(CCOC)C(=O)c1cc(Cl)ccc1N. The molecule has 0 aromatic heterocycles. The average Bonchev–Trinajstić information content (AvgIpc) is 2.45. The quantitative estimate of drug-likeness (QED) is 0.787. The Kier molecular flexibility index (Phi) is 6.82. The molecule has 1 amide bonds. The largest absolute Gasteiger partial charge is 0.398 e. The molecule has 0 atom stereocenters. The minimum Gasteiger partial charge on any atom is -0.398 e. The van der Waals surface area contributed by atoms with Gasteiger partial charge in [-0.15, -0.1) is 0 Å². The molecule has 0 saturated carbocycles. The molecule has 0 fully saturated rings. The zero-order valence-electron chi connectivity index (χ0n) is 12.4. The highest BCUT2D eigenvalue weighted by Gasteiger charge is 2.23. The predicted molar refractivity (Wildman–Crippen MR) is 83.1 cm³/mol. The molecule has 0 spiro atoms. The van der Waals surface area contributed by atoms with Crippen LogP contribution in [0.2, 0.25) is 5.02 Å². The number of benzene rings is 1. The van der Waals surface area contributed by atoms with Crippen molar-refractivity contribution in [3.8, 4) is 0 Å². The number of nitrogen functional groups attached to an aromatic ring is 1.